The molecule has 21 heavy (non-hydrogen) atoms. The standard InChI is InChI=1S/C14H15N3O4/c18-7-6-11(14(20)21)16-13(19)12-8-15-9-17(12)10-4-2-1-3-5-10/h1-5,8-9,11,18H,6-7H2,(H,16,19)(H,20,21). The number of carboxylic acid groups (broad SMARTS) is 1. The molecule has 7 nitrogen and oxygen atoms in total. The molecule has 0 radical (unpaired) electrons. The third-order valence-corrected chi connectivity index (χ3v) is 2.93. The Morgan fingerprint density at radius 3 is 2.62 bits per heavy atom. The van der Waals surface area contributed by atoms with Crippen molar-refractivity contribution in [1.29, 1.82) is 0 Å². The maximum atomic E-state index is 12.2. The number of aliphatic hydroxyl groups is 1. The van der Waals surface area contributed by atoms with E-state index in [4.69, 9.17) is 10.2 Å². The maximum absolute atomic E-state index is 12.2. The molecular weight excluding hydrogens is 274 g/mol. The van der Waals surface area contributed by atoms with Gasteiger partial charge in [-0.25, -0.2) is 9.78 Å². The number of nitrogens with zero attached hydrogens (tertiary/aromatic N) is 2. The van der Waals surface area contributed by atoms with Gasteiger partial charge in [-0.3, -0.25) is 9.36 Å². The molecule has 1 aromatic carbocycles. The number of carboxylic acids is 1. The number of imidazole rings is 1. The summed E-state index contributed by atoms with van der Waals surface area (Å²) in [5.41, 5.74) is 0.972. The van der Waals surface area contributed by atoms with Crippen LogP contribution in [0, 0.1) is 0 Å². The zero-order chi connectivity index (χ0) is 15.2. The first-order valence-corrected chi connectivity index (χ1v) is 6.35. The molecule has 2 aromatic rings. The highest BCUT2D eigenvalue weighted by molar-refractivity contribution is 5.95. The lowest BCUT2D eigenvalue weighted by molar-refractivity contribution is -0.139. The average Bonchev–Trinajstić information content (AvgIpc) is 2.97. The number of amides is 1. The van der Waals surface area contributed by atoms with E-state index in [2.05, 4.69) is 10.3 Å². The maximum Gasteiger partial charge on any atom is 0.326 e. The zero-order valence-electron chi connectivity index (χ0n) is 11.1. The first kappa shape index (κ1) is 14.7. The van der Waals surface area contributed by atoms with Gasteiger partial charge in [-0.1, -0.05) is 18.2 Å². The van der Waals surface area contributed by atoms with Gasteiger partial charge < -0.3 is 15.5 Å². The highest BCUT2D eigenvalue weighted by atomic mass is 16.4. The molecule has 0 fully saturated rings. The van der Waals surface area contributed by atoms with E-state index >= 15 is 0 Å². The van der Waals surface area contributed by atoms with Gasteiger partial charge in [0, 0.05) is 18.7 Å². The summed E-state index contributed by atoms with van der Waals surface area (Å²) in [6.45, 7) is -0.324. The Kier molecular flexibility index (Phi) is 4.68. The van der Waals surface area contributed by atoms with Crippen LogP contribution in [0.5, 0.6) is 0 Å². The van der Waals surface area contributed by atoms with Crippen molar-refractivity contribution >= 4 is 11.9 Å². The Morgan fingerprint density at radius 2 is 2.00 bits per heavy atom. The molecule has 2 rings (SSSR count). The van der Waals surface area contributed by atoms with Gasteiger partial charge in [-0.2, -0.15) is 0 Å². The fourth-order valence-corrected chi connectivity index (χ4v) is 1.88. The van der Waals surface area contributed by atoms with Crippen LogP contribution in [0.25, 0.3) is 5.69 Å². The van der Waals surface area contributed by atoms with Crippen LogP contribution in [0.4, 0.5) is 0 Å². The molecule has 110 valence electrons. The molecule has 1 amide bonds. The summed E-state index contributed by atoms with van der Waals surface area (Å²) in [5, 5.41) is 20.2. The number of carbonyl (C=O) groups is 2. The molecule has 0 aliphatic carbocycles. The van der Waals surface area contributed by atoms with Crippen LogP contribution in [0.1, 0.15) is 16.9 Å². The second-order valence-electron chi connectivity index (χ2n) is 4.36. The van der Waals surface area contributed by atoms with Gasteiger partial charge in [0.15, 0.2) is 0 Å². The van der Waals surface area contributed by atoms with Crippen LogP contribution in [0.15, 0.2) is 42.9 Å². The zero-order valence-corrected chi connectivity index (χ0v) is 11.1. The van der Waals surface area contributed by atoms with E-state index in [1.165, 1.54) is 12.5 Å². The Labute approximate surface area is 120 Å². The summed E-state index contributed by atoms with van der Waals surface area (Å²) in [6.07, 6.45) is 2.78. The van der Waals surface area contributed by atoms with Crippen LogP contribution in [-0.4, -0.2) is 44.3 Å². The fourth-order valence-electron chi connectivity index (χ4n) is 1.88. The van der Waals surface area contributed by atoms with Gasteiger partial charge in [0.2, 0.25) is 0 Å². The van der Waals surface area contributed by atoms with E-state index in [1.54, 1.807) is 16.7 Å². The fraction of sp³-hybridized carbons (Fsp3) is 0.214. The quantitative estimate of drug-likeness (QED) is 0.715. The number of benzene rings is 1. The van der Waals surface area contributed by atoms with Gasteiger partial charge in [0.1, 0.15) is 11.7 Å². The summed E-state index contributed by atoms with van der Waals surface area (Å²) in [6, 6.07) is 7.97. The van der Waals surface area contributed by atoms with Crippen molar-refractivity contribution in [2.24, 2.45) is 0 Å². The van der Waals surface area contributed by atoms with Gasteiger partial charge in [0.05, 0.1) is 12.5 Å². The van der Waals surface area contributed by atoms with Gasteiger partial charge >= 0.3 is 5.97 Å². The smallest absolute Gasteiger partial charge is 0.326 e. The Morgan fingerprint density at radius 1 is 1.29 bits per heavy atom. The SMILES string of the molecule is O=C(NC(CCO)C(=O)O)c1cncn1-c1ccccc1. The van der Waals surface area contributed by atoms with Crippen LogP contribution in [0.2, 0.25) is 0 Å². The van der Waals surface area contributed by atoms with E-state index in [-0.39, 0.29) is 18.7 Å². The highest BCUT2D eigenvalue weighted by Gasteiger charge is 2.22. The first-order valence-electron chi connectivity index (χ1n) is 6.35. The molecule has 7 heteroatoms. The van der Waals surface area contributed by atoms with Crippen LogP contribution < -0.4 is 5.32 Å². The third kappa shape index (κ3) is 3.46. The molecule has 0 spiro atoms. The lowest BCUT2D eigenvalue weighted by atomic mass is 10.2. The summed E-state index contributed by atoms with van der Waals surface area (Å²) < 4.78 is 1.56. The number of carbonyl (C=O) groups excluding carboxylic acids is 1. The van der Waals surface area contributed by atoms with E-state index in [0.29, 0.717) is 0 Å². The molecule has 0 saturated carbocycles. The van der Waals surface area contributed by atoms with Gasteiger partial charge in [-0.05, 0) is 12.1 Å². The van der Waals surface area contributed by atoms with Crippen LogP contribution in [-0.2, 0) is 4.79 Å². The lowest BCUT2D eigenvalue weighted by Gasteiger charge is -2.14. The number of rotatable bonds is 6. The van der Waals surface area contributed by atoms with Crippen molar-refractivity contribution in [3.63, 3.8) is 0 Å². The largest absolute Gasteiger partial charge is 0.480 e. The van der Waals surface area contributed by atoms with Crippen molar-refractivity contribution < 1.29 is 19.8 Å². The number of hydrogen-bond acceptors (Lipinski definition) is 4. The molecule has 1 atom stereocenters. The minimum atomic E-state index is -1.19. The van der Waals surface area contributed by atoms with Gasteiger partial charge in [-0.15, -0.1) is 0 Å². The second-order valence-corrected chi connectivity index (χ2v) is 4.36. The Hall–Kier alpha value is -2.67. The van der Waals surface area contributed by atoms with Crippen LogP contribution >= 0.6 is 0 Å². The minimum absolute atomic E-state index is 0.0550. The van der Waals surface area contributed by atoms with Crippen molar-refractivity contribution in [2.45, 2.75) is 12.5 Å². The predicted octanol–water partition coefficient (Wildman–Crippen LogP) is 0.438. The van der Waals surface area contributed by atoms with E-state index in [1.807, 2.05) is 18.2 Å². The number of aliphatic carboxylic acids is 1. The summed E-state index contributed by atoms with van der Waals surface area (Å²) in [4.78, 5) is 27.1. The second kappa shape index (κ2) is 6.67. The molecule has 0 saturated heterocycles. The Balaban J connectivity index is 2.21. The molecule has 1 heterocycles. The van der Waals surface area contributed by atoms with E-state index < -0.39 is 17.9 Å². The molecular formula is C14H15N3O4. The van der Waals surface area contributed by atoms with E-state index in [9.17, 15) is 9.59 Å². The normalized spacial score (nSPS) is 11.9. The lowest BCUT2D eigenvalue weighted by Crippen LogP contribution is -2.42. The topological polar surface area (TPSA) is 104 Å². The monoisotopic (exact) mass is 289 g/mol. The Bertz CT molecular complexity index is 624. The predicted molar refractivity (Wildman–Crippen MR) is 74.2 cm³/mol. The molecule has 1 unspecified atom stereocenters. The molecule has 0 bridgehead atoms. The number of aromatic nitrogens is 2. The van der Waals surface area contributed by atoms with Gasteiger partial charge in [0.25, 0.3) is 5.91 Å². The highest BCUT2D eigenvalue weighted by Crippen LogP contribution is 2.11. The average molecular weight is 289 g/mol. The molecule has 0 aliphatic heterocycles. The van der Waals surface area contributed by atoms with E-state index in [0.717, 1.165) is 5.69 Å². The summed E-state index contributed by atoms with van der Waals surface area (Å²) in [5.74, 6) is -1.75. The number of para-hydroxylation sites is 1. The van der Waals surface area contributed by atoms with Crippen molar-refractivity contribution in [3.8, 4) is 5.69 Å². The molecule has 1 aromatic heterocycles. The molecule has 3 N–H and O–H groups in total. The third-order valence-electron chi connectivity index (χ3n) is 2.93. The number of aliphatic hydroxyl groups excluding tert-OH is 1. The van der Waals surface area contributed by atoms with Crippen molar-refractivity contribution in [1.82, 2.24) is 14.9 Å². The van der Waals surface area contributed by atoms with Crippen molar-refractivity contribution in [2.75, 3.05) is 6.61 Å². The first-order chi connectivity index (χ1) is 10.1. The minimum Gasteiger partial charge on any atom is -0.480 e. The molecule has 0 aliphatic rings. The van der Waals surface area contributed by atoms with Crippen molar-refractivity contribution in [3.05, 3.63) is 48.5 Å². The number of hydrogen-bond donors (Lipinski definition) is 3. The summed E-state index contributed by atoms with van der Waals surface area (Å²) in [7, 11) is 0. The summed E-state index contributed by atoms with van der Waals surface area (Å²) >= 11 is 0. The van der Waals surface area contributed by atoms with Crippen LogP contribution in [0.3, 0.4) is 0 Å². The number of nitrogens with one attached hydrogen (secondary N) is 1.